The molecule has 1 aromatic rings. The molecule has 19 heavy (non-hydrogen) atoms. The number of nitrogens with one attached hydrogen (secondary N) is 1. The molecular formula is C14H19F4N. The van der Waals surface area contributed by atoms with E-state index >= 15 is 0 Å². The van der Waals surface area contributed by atoms with E-state index in [0.29, 0.717) is 5.56 Å². The molecule has 2 atom stereocenters. The minimum atomic E-state index is -4.64. The maximum atomic E-state index is 13.5. The summed E-state index contributed by atoms with van der Waals surface area (Å²) in [7, 11) is 0. The van der Waals surface area contributed by atoms with Crippen LogP contribution in [-0.4, -0.2) is 12.6 Å². The highest BCUT2D eigenvalue weighted by molar-refractivity contribution is 5.28. The first-order valence-electron chi connectivity index (χ1n) is 6.35. The molecule has 108 valence electrons. The van der Waals surface area contributed by atoms with Crippen LogP contribution in [0.25, 0.3) is 0 Å². The molecule has 0 amide bonds. The molecule has 1 aromatic carbocycles. The van der Waals surface area contributed by atoms with Crippen molar-refractivity contribution in [1.29, 1.82) is 0 Å². The summed E-state index contributed by atoms with van der Waals surface area (Å²) in [5, 5.41) is 3.22. The van der Waals surface area contributed by atoms with Crippen LogP contribution < -0.4 is 5.32 Å². The summed E-state index contributed by atoms with van der Waals surface area (Å²) in [5.74, 6) is -1.20. The third-order valence-electron chi connectivity index (χ3n) is 3.13. The first kappa shape index (κ1) is 16.0. The van der Waals surface area contributed by atoms with Crippen LogP contribution in [0.15, 0.2) is 18.2 Å². The minimum Gasteiger partial charge on any atom is -0.315 e. The first-order valence-corrected chi connectivity index (χ1v) is 6.35. The fourth-order valence-electron chi connectivity index (χ4n) is 2.17. The average molecular weight is 277 g/mol. The Morgan fingerprint density at radius 1 is 1.21 bits per heavy atom. The number of hydrogen-bond acceptors (Lipinski definition) is 1. The number of alkyl halides is 3. The summed E-state index contributed by atoms with van der Waals surface area (Å²) >= 11 is 0. The fourth-order valence-corrected chi connectivity index (χ4v) is 2.17. The molecule has 1 N–H and O–H groups in total. The van der Waals surface area contributed by atoms with Gasteiger partial charge in [0.25, 0.3) is 0 Å². The molecule has 0 bridgehead atoms. The van der Waals surface area contributed by atoms with Gasteiger partial charge in [-0.25, -0.2) is 4.39 Å². The third kappa shape index (κ3) is 4.49. The van der Waals surface area contributed by atoms with Gasteiger partial charge in [-0.3, -0.25) is 0 Å². The Balaban J connectivity index is 2.83. The average Bonchev–Trinajstić information content (AvgIpc) is 2.27. The molecule has 0 aliphatic carbocycles. The molecule has 0 aromatic heterocycles. The van der Waals surface area contributed by atoms with Crippen molar-refractivity contribution in [3.8, 4) is 0 Å². The van der Waals surface area contributed by atoms with Crippen LogP contribution in [0.4, 0.5) is 17.6 Å². The zero-order valence-electron chi connectivity index (χ0n) is 11.3. The SMILES string of the molecule is CCNC(C)CC(C)c1ccc(C(F)(F)F)c(F)c1. The molecule has 0 aliphatic rings. The summed E-state index contributed by atoms with van der Waals surface area (Å²) in [5.41, 5.74) is -0.613. The van der Waals surface area contributed by atoms with Crippen LogP contribution in [0.1, 0.15) is 44.2 Å². The molecule has 0 spiro atoms. The lowest BCUT2D eigenvalue weighted by molar-refractivity contribution is -0.140. The Bertz CT molecular complexity index is 414. The largest absolute Gasteiger partial charge is 0.419 e. The van der Waals surface area contributed by atoms with E-state index < -0.39 is 17.6 Å². The molecule has 2 unspecified atom stereocenters. The summed E-state index contributed by atoms with van der Waals surface area (Å²) in [6.45, 7) is 6.70. The Kier molecular flexibility index (Phi) is 5.35. The van der Waals surface area contributed by atoms with Crippen LogP contribution in [0, 0.1) is 5.82 Å². The highest BCUT2D eigenvalue weighted by Crippen LogP contribution is 2.33. The van der Waals surface area contributed by atoms with Gasteiger partial charge >= 0.3 is 6.18 Å². The Hall–Kier alpha value is -1.10. The first-order chi connectivity index (χ1) is 8.75. The van der Waals surface area contributed by atoms with E-state index in [2.05, 4.69) is 5.32 Å². The van der Waals surface area contributed by atoms with Crippen molar-refractivity contribution in [2.75, 3.05) is 6.54 Å². The summed E-state index contributed by atoms with van der Waals surface area (Å²) < 4.78 is 50.8. The topological polar surface area (TPSA) is 12.0 Å². The molecule has 0 radical (unpaired) electrons. The van der Waals surface area contributed by atoms with Gasteiger partial charge in [0.05, 0.1) is 5.56 Å². The van der Waals surface area contributed by atoms with Crippen molar-refractivity contribution >= 4 is 0 Å². The van der Waals surface area contributed by atoms with Crippen LogP contribution in [0.2, 0.25) is 0 Å². The van der Waals surface area contributed by atoms with E-state index in [-0.39, 0.29) is 12.0 Å². The second-order valence-corrected chi connectivity index (χ2v) is 4.83. The van der Waals surface area contributed by atoms with Crippen molar-refractivity contribution in [2.45, 2.75) is 45.3 Å². The summed E-state index contributed by atoms with van der Waals surface area (Å²) in [4.78, 5) is 0. The van der Waals surface area contributed by atoms with Gasteiger partial charge in [0, 0.05) is 6.04 Å². The van der Waals surface area contributed by atoms with Gasteiger partial charge in [0.1, 0.15) is 5.82 Å². The van der Waals surface area contributed by atoms with Gasteiger partial charge in [-0.1, -0.05) is 19.9 Å². The van der Waals surface area contributed by atoms with Gasteiger partial charge in [-0.05, 0) is 43.5 Å². The molecule has 5 heteroatoms. The quantitative estimate of drug-likeness (QED) is 0.790. The second kappa shape index (κ2) is 6.37. The smallest absolute Gasteiger partial charge is 0.315 e. The van der Waals surface area contributed by atoms with Gasteiger partial charge in [-0.15, -0.1) is 0 Å². The van der Waals surface area contributed by atoms with E-state index in [9.17, 15) is 17.6 Å². The van der Waals surface area contributed by atoms with Gasteiger partial charge < -0.3 is 5.32 Å². The van der Waals surface area contributed by atoms with Gasteiger partial charge in [0.2, 0.25) is 0 Å². The van der Waals surface area contributed by atoms with Gasteiger partial charge in [0.15, 0.2) is 0 Å². The fraction of sp³-hybridized carbons (Fsp3) is 0.571. The third-order valence-corrected chi connectivity index (χ3v) is 3.13. The van der Waals surface area contributed by atoms with Crippen molar-refractivity contribution in [3.05, 3.63) is 35.1 Å². The minimum absolute atomic E-state index is 0.00540. The van der Waals surface area contributed by atoms with Crippen molar-refractivity contribution in [2.24, 2.45) is 0 Å². The Morgan fingerprint density at radius 2 is 1.84 bits per heavy atom. The predicted octanol–water partition coefficient (Wildman–Crippen LogP) is 4.34. The van der Waals surface area contributed by atoms with Crippen molar-refractivity contribution in [1.82, 2.24) is 5.32 Å². The number of rotatable bonds is 5. The van der Waals surface area contributed by atoms with E-state index in [4.69, 9.17) is 0 Å². The van der Waals surface area contributed by atoms with E-state index in [0.717, 1.165) is 25.1 Å². The normalized spacial score (nSPS) is 15.3. The van der Waals surface area contributed by atoms with E-state index in [1.165, 1.54) is 6.07 Å². The highest BCUT2D eigenvalue weighted by Gasteiger charge is 2.34. The highest BCUT2D eigenvalue weighted by atomic mass is 19.4. The van der Waals surface area contributed by atoms with Crippen LogP contribution >= 0.6 is 0 Å². The zero-order chi connectivity index (χ0) is 14.6. The zero-order valence-corrected chi connectivity index (χ0v) is 11.3. The van der Waals surface area contributed by atoms with Crippen molar-refractivity contribution < 1.29 is 17.6 Å². The van der Waals surface area contributed by atoms with Crippen LogP contribution in [0.3, 0.4) is 0 Å². The number of benzene rings is 1. The maximum Gasteiger partial charge on any atom is 0.419 e. The molecule has 0 saturated heterocycles. The monoisotopic (exact) mass is 277 g/mol. The lowest BCUT2D eigenvalue weighted by atomic mass is 9.93. The molecular weight excluding hydrogens is 258 g/mol. The number of hydrogen-bond donors (Lipinski definition) is 1. The molecule has 1 rings (SSSR count). The van der Waals surface area contributed by atoms with Crippen molar-refractivity contribution in [3.63, 3.8) is 0 Å². The lowest BCUT2D eigenvalue weighted by Crippen LogP contribution is -2.27. The summed E-state index contributed by atoms with van der Waals surface area (Å²) in [6, 6.07) is 3.41. The second-order valence-electron chi connectivity index (χ2n) is 4.83. The van der Waals surface area contributed by atoms with Crippen LogP contribution in [-0.2, 0) is 6.18 Å². The molecule has 0 heterocycles. The summed E-state index contributed by atoms with van der Waals surface area (Å²) in [6.07, 6.45) is -3.89. The van der Waals surface area contributed by atoms with Crippen LogP contribution in [0.5, 0.6) is 0 Å². The lowest BCUT2D eigenvalue weighted by Gasteiger charge is -2.19. The van der Waals surface area contributed by atoms with E-state index in [1.807, 2.05) is 20.8 Å². The molecule has 0 aliphatic heterocycles. The number of halogens is 4. The molecule has 0 saturated carbocycles. The predicted molar refractivity (Wildman–Crippen MR) is 67.6 cm³/mol. The maximum absolute atomic E-state index is 13.5. The van der Waals surface area contributed by atoms with Gasteiger partial charge in [-0.2, -0.15) is 13.2 Å². The Morgan fingerprint density at radius 3 is 2.32 bits per heavy atom. The Labute approximate surface area is 111 Å². The molecule has 0 fully saturated rings. The van der Waals surface area contributed by atoms with E-state index in [1.54, 1.807) is 0 Å². The standard InChI is InChI=1S/C14H19F4N/c1-4-19-10(3)7-9(2)11-5-6-12(13(15)8-11)14(16,17)18/h5-6,8-10,19H,4,7H2,1-3H3. The molecule has 1 nitrogen and oxygen atoms in total.